The Balaban J connectivity index is 1.20. The maximum Gasteiger partial charge on any atom is 0.415 e. The Hall–Kier alpha value is -5.68. The summed E-state index contributed by atoms with van der Waals surface area (Å²) in [6.07, 6.45) is 0.0235. The number of hydrogen-bond acceptors (Lipinski definition) is 7. The fraction of sp³-hybridized carbons (Fsp3) is 0.263. The van der Waals surface area contributed by atoms with E-state index < -0.39 is 18.4 Å². The summed E-state index contributed by atoms with van der Waals surface area (Å²) in [5.74, 6) is 0.727. The van der Waals surface area contributed by atoms with Crippen LogP contribution in [0.5, 0.6) is 5.75 Å². The molecular formula is C38H41N5O6. The number of amides is 3. The average Bonchev–Trinajstić information content (AvgIpc) is 3.54. The highest BCUT2D eigenvalue weighted by molar-refractivity contribution is 5.94. The number of nitrogens with zero attached hydrogens (tertiary/aromatic N) is 2. The van der Waals surface area contributed by atoms with E-state index in [2.05, 4.69) is 27.5 Å². The van der Waals surface area contributed by atoms with Gasteiger partial charge in [0.2, 0.25) is 0 Å². The van der Waals surface area contributed by atoms with Crippen LogP contribution >= 0.6 is 0 Å². The molecule has 11 nitrogen and oxygen atoms in total. The first-order valence-corrected chi connectivity index (χ1v) is 16.4. The summed E-state index contributed by atoms with van der Waals surface area (Å²) in [4.78, 5) is 48.2. The number of aromatic amines is 1. The highest BCUT2D eigenvalue weighted by atomic mass is 16.6. The van der Waals surface area contributed by atoms with Crippen LogP contribution in [0.4, 0.5) is 9.59 Å². The van der Waals surface area contributed by atoms with Crippen LogP contribution in [0.25, 0.3) is 11.0 Å². The van der Waals surface area contributed by atoms with Crippen molar-refractivity contribution in [3.8, 4) is 5.75 Å². The van der Waals surface area contributed by atoms with Crippen LogP contribution in [-0.2, 0) is 35.6 Å². The van der Waals surface area contributed by atoms with Crippen LogP contribution in [0.15, 0.2) is 103 Å². The van der Waals surface area contributed by atoms with Gasteiger partial charge >= 0.3 is 12.2 Å². The molecule has 1 unspecified atom stereocenters. The van der Waals surface area contributed by atoms with E-state index in [-0.39, 0.29) is 32.1 Å². The van der Waals surface area contributed by atoms with Crippen molar-refractivity contribution in [2.45, 2.75) is 52.6 Å². The molecule has 3 N–H and O–H groups in total. The Morgan fingerprint density at radius 3 is 2.24 bits per heavy atom. The standard InChI is InChI=1S/C38H41N5O6/c1-3-10-27-17-21-31(22-18-27)49-38(46)43(25-34-40-32-13-8-9-14-33(32)41-34)24-28-15-19-30(20-16-28)36(44)39-23-35(47-4-2)42-37(45)48-26-29-11-6-5-7-12-29/h5-9,11-22,35H,3-4,10,23-26H2,1-2H3,(H,39,44)(H,40,41)(H,42,45). The number of carbonyl (C=O) groups excluding carboxylic acids is 3. The largest absolute Gasteiger partial charge is 0.445 e. The van der Waals surface area contributed by atoms with E-state index in [4.69, 9.17) is 14.2 Å². The summed E-state index contributed by atoms with van der Waals surface area (Å²) in [6.45, 7) is 4.78. The summed E-state index contributed by atoms with van der Waals surface area (Å²) in [7, 11) is 0. The summed E-state index contributed by atoms with van der Waals surface area (Å²) in [5, 5.41) is 5.43. The summed E-state index contributed by atoms with van der Waals surface area (Å²) < 4.78 is 16.6. The Morgan fingerprint density at radius 1 is 0.816 bits per heavy atom. The molecule has 0 aliphatic heterocycles. The molecule has 0 saturated carbocycles. The van der Waals surface area contributed by atoms with Gasteiger partial charge in [0.1, 0.15) is 24.4 Å². The maximum absolute atomic E-state index is 13.5. The second-order valence-electron chi connectivity index (χ2n) is 11.4. The number of nitrogens with one attached hydrogen (secondary N) is 3. The quantitative estimate of drug-likeness (QED) is 0.106. The molecule has 5 aromatic rings. The number of imidazole rings is 1. The van der Waals surface area contributed by atoms with Gasteiger partial charge in [-0.15, -0.1) is 0 Å². The average molecular weight is 664 g/mol. The van der Waals surface area contributed by atoms with Crippen molar-refractivity contribution in [2.24, 2.45) is 0 Å². The van der Waals surface area contributed by atoms with Crippen LogP contribution in [0, 0.1) is 0 Å². The van der Waals surface area contributed by atoms with Crippen LogP contribution in [0.3, 0.4) is 0 Å². The second kappa shape index (κ2) is 17.5. The van der Waals surface area contributed by atoms with Gasteiger partial charge < -0.3 is 24.5 Å². The first-order valence-electron chi connectivity index (χ1n) is 16.4. The first-order chi connectivity index (χ1) is 23.9. The molecule has 254 valence electrons. The lowest BCUT2D eigenvalue weighted by molar-refractivity contribution is 0.0316. The van der Waals surface area contributed by atoms with E-state index >= 15 is 0 Å². The number of fused-ring (bicyclic) bond motifs is 1. The van der Waals surface area contributed by atoms with E-state index in [1.807, 2.05) is 66.7 Å². The molecule has 0 fully saturated rings. The summed E-state index contributed by atoms with van der Waals surface area (Å²) in [5.41, 5.74) is 4.91. The van der Waals surface area contributed by atoms with Crippen molar-refractivity contribution in [3.05, 3.63) is 131 Å². The topological polar surface area (TPSA) is 135 Å². The molecule has 3 amide bonds. The first kappa shape index (κ1) is 34.6. The Kier molecular flexibility index (Phi) is 12.4. The molecule has 0 radical (unpaired) electrons. The Morgan fingerprint density at radius 2 is 1.53 bits per heavy atom. The Bertz CT molecular complexity index is 1780. The number of H-pyrrole nitrogens is 1. The normalized spacial score (nSPS) is 11.5. The van der Waals surface area contributed by atoms with Gasteiger partial charge in [-0.2, -0.15) is 0 Å². The van der Waals surface area contributed by atoms with E-state index in [1.165, 1.54) is 5.56 Å². The van der Waals surface area contributed by atoms with Gasteiger partial charge in [-0.1, -0.05) is 80.1 Å². The minimum atomic E-state index is -0.780. The predicted molar refractivity (Wildman–Crippen MR) is 186 cm³/mol. The molecule has 0 spiro atoms. The number of rotatable bonds is 15. The van der Waals surface area contributed by atoms with E-state index in [0.717, 1.165) is 35.0 Å². The zero-order chi connectivity index (χ0) is 34.4. The molecule has 0 aliphatic rings. The van der Waals surface area contributed by atoms with Crippen molar-refractivity contribution in [1.82, 2.24) is 25.5 Å². The van der Waals surface area contributed by atoms with Gasteiger partial charge in [0.05, 0.1) is 24.1 Å². The third-order valence-electron chi connectivity index (χ3n) is 7.60. The number of aromatic nitrogens is 2. The van der Waals surface area contributed by atoms with Crippen molar-refractivity contribution in [1.29, 1.82) is 0 Å². The fourth-order valence-corrected chi connectivity index (χ4v) is 5.14. The lowest BCUT2D eigenvalue weighted by Crippen LogP contribution is -2.45. The summed E-state index contributed by atoms with van der Waals surface area (Å²) in [6, 6.07) is 31.4. The molecule has 1 aromatic heterocycles. The molecule has 11 heteroatoms. The van der Waals surface area contributed by atoms with Crippen LogP contribution in [-0.4, -0.2) is 52.3 Å². The van der Waals surface area contributed by atoms with Gasteiger partial charge in [-0.3, -0.25) is 15.0 Å². The van der Waals surface area contributed by atoms with Crippen molar-refractivity contribution < 1.29 is 28.6 Å². The van der Waals surface area contributed by atoms with Crippen LogP contribution < -0.4 is 15.4 Å². The molecule has 0 aliphatic carbocycles. The minimum Gasteiger partial charge on any atom is -0.445 e. The monoisotopic (exact) mass is 663 g/mol. The van der Waals surface area contributed by atoms with Gasteiger partial charge in [0, 0.05) is 18.7 Å². The van der Waals surface area contributed by atoms with Crippen LogP contribution in [0.2, 0.25) is 0 Å². The fourth-order valence-electron chi connectivity index (χ4n) is 5.14. The van der Waals surface area contributed by atoms with Crippen molar-refractivity contribution in [3.63, 3.8) is 0 Å². The number of carbonyl (C=O) groups is 3. The zero-order valence-electron chi connectivity index (χ0n) is 27.7. The number of aryl methyl sites for hydroxylation is 1. The molecule has 1 heterocycles. The number of hydrogen-bond donors (Lipinski definition) is 3. The molecule has 1 atom stereocenters. The molecule has 0 bridgehead atoms. The number of ether oxygens (including phenoxy) is 3. The zero-order valence-corrected chi connectivity index (χ0v) is 27.7. The second-order valence-corrected chi connectivity index (χ2v) is 11.4. The van der Waals surface area contributed by atoms with Gasteiger partial charge in [0.15, 0.2) is 0 Å². The van der Waals surface area contributed by atoms with E-state index in [0.29, 0.717) is 23.7 Å². The maximum atomic E-state index is 13.5. The Labute approximate surface area is 285 Å². The van der Waals surface area contributed by atoms with Gasteiger partial charge in [0.25, 0.3) is 5.91 Å². The van der Waals surface area contributed by atoms with Crippen molar-refractivity contribution >= 4 is 29.1 Å². The van der Waals surface area contributed by atoms with Gasteiger partial charge in [-0.25, -0.2) is 14.6 Å². The highest BCUT2D eigenvalue weighted by Gasteiger charge is 2.20. The van der Waals surface area contributed by atoms with Gasteiger partial charge in [-0.05, 0) is 66.4 Å². The summed E-state index contributed by atoms with van der Waals surface area (Å²) >= 11 is 0. The third kappa shape index (κ3) is 10.4. The highest BCUT2D eigenvalue weighted by Crippen LogP contribution is 2.18. The smallest absolute Gasteiger partial charge is 0.415 e. The number of para-hydroxylation sites is 2. The minimum absolute atomic E-state index is 0.0331. The molecule has 49 heavy (non-hydrogen) atoms. The predicted octanol–water partition coefficient (Wildman–Crippen LogP) is 6.74. The third-order valence-corrected chi connectivity index (χ3v) is 7.60. The lowest BCUT2D eigenvalue weighted by Gasteiger charge is -2.21. The molecule has 5 rings (SSSR count). The van der Waals surface area contributed by atoms with Crippen molar-refractivity contribution in [2.75, 3.05) is 13.2 Å². The SMILES string of the molecule is CCCc1ccc(OC(=O)N(Cc2ccc(C(=O)NCC(NC(=O)OCc3ccccc3)OCC)cc2)Cc2nc3ccccc3[nH]2)cc1. The molecule has 4 aromatic carbocycles. The number of benzene rings is 4. The van der Waals surface area contributed by atoms with E-state index in [9.17, 15) is 14.4 Å². The molecular weight excluding hydrogens is 622 g/mol. The lowest BCUT2D eigenvalue weighted by atomic mass is 10.1. The van der Waals surface area contributed by atoms with Crippen LogP contribution in [0.1, 0.15) is 53.1 Å². The molecule has 0 saturated heterocycles. The van der Waals surface area contributed by atoms with E-state index in [1.54, 1.807) is 48.2 Å². The number of alkyl carbamates (subject to hydrolysis) is 1.